The third-order valence-corrected chi connectivity index (χ3v) is 11.5. The minimum absolute atomic E-state index is 0.247. The number of carbonyl (C=O) groups is 1. The topological polar surface area (TPSA) is 189 Å². The molecule has 58 heavy (non-hydrogen) atoms. The Bertz CT molecular complexity index is 997. The molecule has 0 aromatic heterocycles. The fourth-order valence-corrected chi connectivity index (χ4v) is 7.49. The molecule has 1 saturated heterocycles. The van der Waals surface area contributed by atoms with E-state index in [1.54, 1.807) is 0 Å². The highest BCUT2D eigenvalue weighted by atomic mass is 16.7. The van der Waals surface area contributed by atoms with Crippen LogP contribution in [0, 0.1) is 0 Å². The first-order valence-electron chi connectivity index (χ1n) is 23.7. The Morgan fingerprint density at radius 3 is 1.50 bits per heavy atom. The van der Waals surface area contributed by atoms with Crippen LogP contribution in [-0.4, -0.2) is 110 Å². The number of unbranched alkanes of at least 4 members (excludes halogenated alkanes) is 23. The summed E-state index contributed by atoms with van der Waals surface area (Å²) in [5.41, 5.74) is 0. The van der Waals surface area contributed by atoms with Gasteiger partial charge in [-0.1, -0.05) is 160 Å². The van der Waals surface area contributed by atoms with Crippen LogP contribution in [0.3, 0.4) is 0 Å². The molecule has 342 valence electrons. The quantitative estimate of drug-likeness (QED) is 0.0224. The molecular formula is C47H89NO10. The minimum atomic E-state index is -1.67. The summed E-state index contributed by atoms with van der Waals surface area (Å²) in [5.74, 6) is -0.713. The molecule has 1 amide bonds. The summed E-state index contributed by atoms with van der Waals surface area (Å²) in [6.07, 6.45) is 29.7. The van der Waals surface area contributed by atoms with Crippen molar-refractivity contribution >= 4 is 5.91 Å². The van der Waals surface area contributed by atoms with Gasteiger partial charge in [0.15, 0.2) is 6.29 Å². The number of aliphatic hydroxyl groups is 7. The molecule has 9 atom stereocenters. The molecular weight excluding hydrogens is 739 g/mol. The lowest BCUT2D eigenvalue weighted by Crippen LogP contribution is -2.60. The van der Waals surface area contributed by atoms with Gasteiger partial charge >= 0.3 is 0 Å². The Kier molecular flexibility index (Phi) is 35.2. The molecule has 1 rings (SSSR count). The fraction of sp³-hybridized carbons (Fsp3) is 0.894. The zero-order valence-electron chi connectivity index (χ0n) is 36.8. The fourth-order valence-electron chi connectivity index (χ4n) is 7.49. The van der Waals surface area contributed by atoms with Crippen LogP contribution in [0.4, 0.5) is 0 Å². The Morgan fingerprint density at radius 1 is 0.586 bits per heavy atom. The van der Waals surface area contributed by atoms with Crippen LogP contribution in [-0.2, 0) is 14.3 Å². The van der Waals surface area contributed by atoms with Gasteiger partial charge in [0.2, 0.25) is 5.91 Å². The molecule has 9 unspecified atom stereocenters. The van der Waals surface area contributed by atoms with Gasteiger partial charge in [-0.2, -0.15) is 0 Å². The number of hydrogen-bond acceptors (Lipinski definition) is 10. The van der Waals surface area contributed by atoms with E-state index in [2.05, 4.69) is 43.5 Å². The second-order valence-corrected chi connectivity index (χ2v) is 16.8. The number of hydrogen-bond donors (Lipinski definition) is 8. The van der Waals surface area contributed by atoms with Crippen molar-refractivity contribution in [3.05, 3.63) is 24.3 Å². The molecule has 0 aliphatic carbocycles. The molecule has 11 heteroatoms. The van der Waals surface area contributed by atoms with Gasteiger partial charge in [0.05, 0.1) is 25.4 Å². The minimum Gasteiger partial charge on any atom is -0.394 e. The molecule has 0 saturated carbocycles. The predicted octanol–water partition coefficient (Wildman–Crippen LogP) is 7.84. The number of carbonyl (C=O) groups excluding carboxylic acids is 1. The second-order valence-electron chi connectivity index (χ2n) is 16.8. The number of allylic oxidation sites excluding steroid dienone is 4. The Morgan fingerprint density at radius 2 is 1.02 bits per heavy atom. The predicted molar refractivity (Wildman–Crippen MR) is 233 cm³/mol. The lowest BCUT2D eigenvalue weighted by molar-refractivity contribution is -0.303. The van der Waals surface area contributed by atoms with Gasteiger partial charge in [0.1, 0.15) is 36.6 Å². The molecule has 1 fully saturated rings. The maximum Gasteiger partial charge on any atom is 0.249 e. The van der Waals surface area contributed by atoms with Gasteiger partial charge in [0.25, 0.3) is 0 Å². The largest absolute Gasteiger partial charge is 0.394 e. The lowest BCUT2D eigenvalue weighted by Gasteiger charge is -2.40. The van der Waals surface area contributed by atoms with E-state index in [1.807, 2.05) is 0 Å². The summed E-state index contributed by atoms with van der Waals surface area (Å²) in [6, 6.07) is -1.18. The maximum absolute atomic E-state index is 13.1. The highest BCUT2D eigenvalue weighted by molar-refractivity contribution is 5.80. The monoisotopic (exact) mass is 828 g/mol. The Labute approximate surface area is 353 Å². The molecule has 0 spiro atoms. The number of rotatable bonds is 39. The molecule has 0 radical (unpaired) electrons. The van der Waals surface area contributed by atoms with Crippen LogP contribution in [0.25, 0.3) is 0 Å². The number of aliphatic hydroxyl groups excluding tert-OH is 7. The summed E-state index contributed by atoms with van der Waals surface area (Å²) in [6.45, 7) is 3.37. The normalized spacial score (nSPS) is 22.1. The van der Waals surface area contributed by atoms with Crippen molar-refractivity contribution in [1.82, 2.24) is 5.32 Å². The van der Waals surface area contributed by atoms with E-state index in [1.165, 1.54) is 103 Å². The Balaban J connectivity index is 2.36. The molecule has 1 heterocycles. The van der Waals surface area contributed by atoms with Crippen LogP contribution >= 0.6 is 0 Å². The van der Waals surface area contributed by atoms with Crippen molar-refractivity contribution in [2.75, 3.05) is 13.2 Å². The lowest BCUT2D eigenvalue weighted by atomic mass is 9.98. The van der Waals surface area contributed by atoms with Gasteiger partial charge < -0.3 is 50.5 Å². The summed E-state index contributed by atoms with van der Waals surface area (Å²) >= 11 is 0. The molecule has 1 aliphatic heterocycles. The molecule has 0 bridgehead atoms. The molecule has 8 N–H and O–H groups in total. The van der Waals surface area contributed by atoms with Gasteiger partial charge in [-0.3, -0.25) is 4.79 Å². The van der Waals surface area contributed by atoms with Crippen molar-refractivity contribution in [1.29, 1.82) is 0 Å². The van der Waals surface area contributed by atoms with Crippen molar-refractivity contribution < 1.29 is 50.0 Å². The molecule has 1 aliphatic rings. The van der Waals surface area contributed by atoms with E-state index in [0.29, 0.717) is 12.8 Å². The van der Waals surface area contributed by atoms with Crippen molar-refractivity contribution in [3.8, 4) is 0 Å². The zero-order chi connectivity index (χ0) is 42.6. The highest BCUT2D eigenvalue weighted by Crippen LogP contribution is 2.23. The van der Waals surface area contributed by atoms with Crippen molar-refractivity contribution in [2.24, 2.45) is 0 Å². The summed E-state index contributed by atoms with van der Waals surface area (Å²) < 4.78 is 11.0. The van der Waals surface area contributed by atoms with E-state index in [0.717, 1.165) is 57.8 Å². The molecule has 11 nitrogen and oxygen atoms in total. The number of ether oxygens (including phenoxy) is 2. The standard InChI is InChI=1S/C47H89NO10/c1-3-5-7-9-11-13-14-15-16-17-18-19-20-21-22-23-24-25-27-29-31-33-35-40(51)46(56)48-38(37-57-47-45(55)44(54)43(53)41(36-49)58-47)42(52)39(50)34-32-30-28-26-12-10-8-6-4-2/h21-22,26,28,38-45,47,49-55H,3-20,23-25,27,29-37H2,1-2H3,(H,48,56)/b22-21-,28-26+. The molecule has 0 aromatic rings. The first-order chi connectivity index (χ1) is 28.2. The van der Waals surface area contributed by atoms with E-state index in [-0.39, 0.29) is 12.8 Å². The van der Waals surface area contributed by atoms with E-state index >= 15 is 0 Å². The van der Waals surface area contributed by atoms with Gasteiger partial charge in [-0.05, 0) is 64.2 Å². The summed E-state index contributed by atoms with van der Waals surface area (Å²) in [5, 5.41) is 75.4. The summed E-state index contributed by atoms with van der Waals surface area (Å²) in [7, 11) is 0. The highest BCUT2D eigenvalue weighted by Gasteiger charge is 2.44. The number of amides is 1. The maximum atomic E-state index is 13.1. The molecule has 0 aromatic carbocycles. The zero-order valence-corrected chi connectivity index (χ0v) is 36.8. The third kappa shape index (κ3) is 26.7. The van der Waals surface area contributed by atoms with Crippen LogP contribution in [0.2, 0.25) is 0 Å². The first kappa shape index (κ1) is 54.6. The van der Waals surface area contributed by atoms with E-state index < -0.39 is 74.2 Å². The van der Waals surface area contributed by atoms with Crippen LogP contribution in [0.15, 0.2) is 24.3 Å². The van der Waals surface area contributed by atoms with Gasteiger partial charge in [-0.25, -0.2) is 0 Å². The van der Waals surface area contributed by atoms with Crippen LogP contribution in [0.5, 0.6) is 0 Å². The van der Waals surface area contributed by atoms with Crippen molar-refractivity contribution in [3.63, 3.8) is 0 Å². The van der Waals surface area contributed by atoms with E-state index in [9.17, 15) is 40.5 Å². The Hall–Kier alpha value is -1.41. The van der Waals surface area contributed by atoms with Crippen LogP contribution in [0.1, 0.15) is 200 Å². The average Bonchev–Trinajstić information content (AvgIpc) is 3.22. The smallest absolute Gasteiger partial charge is 0.249 e. The van der Waals surface area contributed by atoms with Gasteiger partial charge in [-0.15, -0.1) is 0 Å². The van der Waals surface area contributed by atoms with E-state index in [4.69, 9.17) is 9.47 Å². The second kappa shape index (κ2) is 37.4. The average molecular weight is 828 g/mol. The SMILES string of the molecule is CCCCCC/C=C/CCCC(O)C(O)C(COC1OC(CO)C(O)C(O)C1O)NC(=O)C(O)CCCCCCCC/C=C\CCCCCCCCCCCCCC. The number of nitrogens with one attached hydrogen (secondary N) is 1. The summed E-state index contributed by atoms with van der Waals surface area (Å²) in [4.78, 5) is 13.1. The third-order valence-electron chi connectivity index (χ3n) is 11.5. The first-order valence-corrected chi connectivity index (χ1v) is 23.7. The van der Waals surface area contributed by atoms with Gasteiger partial charge in [0, 0.05) is 0 Å². The van der Waals surface area contributed by atoms with Crippen LogP contribution < -0.4 is 5.32 Å². The van der Waals surface area contributed by atoms with Crippen molar-refractivity contribution in [2.45, 2.75) is 255 Å².